The fraction of sp³-hybridized carbons (Fsp3) is 0.154. The molecule has 2 aromatic carbocycles. The highest BCUT2D eigenvalue weighted by Crippen LogP contribution is 2.43. The third kappa shape index (κ3) is 3.96. The molecule has 0 bridgehead atoms. The summed E-state index contributed by atoms with van der Waals surface area (Å²) in [6, 6.07) is 23.9. The minimum Gasteiger partial charge on any atom is -0.497 e. The smallest absolute Gasteiger partial charge is 0.174 e. The minimum atomic E-state index is -0.134. The molecule has 7 heteroatoms. The van der Waals surface area contributed by atoms with Gasteiger partial charge in [-0.25, -0.2) is 0 Å². The first-order valence-corrected chi connectivity index (χ1v) is 11.4. The summed E-state index contributed by atoms with van der Waals surface area (Å²) in [5.74, 6) is 0.777. The second-order valence-corrected chi connectivity index (χ2v) is 8.73. The van der Waals surface area contributed by atoms with E-state index in [0.29, 0.717) is 5.11 Å². The van der Waals surface area contributed by atoms with Crippen molar-refractivity contribution in [1.29, 1.82) is 0 Å². The van der Waals surface area contributed by atoms with E-state index in [1.54, 1.807) is 7.11 Å². The van der Waals surface area contributed by atoms with Crippen molar-refractivity contribution in [2.24, 2.45) is 0 Å². The number of aromatic nitrogens is 2. The summed E-state index contributed by atoms with van der Waals surface area (Å²) in [7, 11) is 1.67. The van der Waals surface area contributed by atoms with Crippen LogP contribution >= 0.6 is 23.8 Å². The molecule has 1 fully saturated rings. The highest BCUT2D eigenvalue weighted by molar-refractivity contribution is 7.80. The summed E-state index contributed by atoms with van der Waals surface area (Å²) in [4.78, 5) is 6.79. The lowest BCUT2D eigenvalue weighted by molar-refractivity contribution is 0.414. The van der Waals surface area contributed by atoms with Crippen molar-refractivity contribution in [3.8, 4) is 11.4 Å². The molecule has 1 aliphatic rings. The van der Waals surface area contributed by atoms with E-state index < -0.39 is 0 Å². The molecule has 0 radical (unpaired) electrons. The normalized spacial score (nSPS) is 17.8. The minimum absolute atomic E-state index is 0.132. The Morgan fingerprint density at radius 1 is 1.00 bits per heavy atom. The van der Waals surface area contributed by atoms with Crippen LogP contribution in [-0.2, 0) is 0 Å². The monoisotopic (exact) mass is 474 g/mol. The molecule has 166 valence electrons. The first kappa shape index (κ1) is 21.5. The van der Waals surface area contributed by atoms with Gasteiger partial charge in [-0.2, -0.15) is 0 Å². The summed E-state index contributed by atoms with van der Waals surface area (Å²) in [5, 5.41) is 4.91. The predicted molar refractivity (Wildman–Crippen MR) is 136 cm³/mol. The molecule has 1 saturated heterocycles. The summed E-state index contributed by atoms with van der Waals surface area (Å²) in [6.07, 6.45) is 3.88. The number of hydrogen-bond donors (Lipinski definition) is 1. The number of halogens is 1. The van der Waals surface area contributed by atoms with Crippen LogP contribution in [0.5, 0.6) is 5.75 Å². The summed E-state index contributed by atoms with van der Waals surface area (Å²) in [5.41, 5.74) is 5.04. The number of nitrogens with zero attached hydrogens (tertiary/aromatic N) is 3. The third-order valence-electron chi connectivity index (χ3n) is 5.93. The number of methoxy groups -OCH3 is 1. The fourth-order valence-corrected chi connectivity index (χ4v) is 4.81. The molecular formula is C26H23ClN4OS. The quantitative estimate of drug-likeness (QED) is 0.358. The van der Waals surface area contributed by atoms with Crippen molar-refractivity contribution >= 4 is 34.6 Å². The Morgan fingerprint density at radius 2 is 1.88 bits per heavy atom. The van der Waals surface area contributed by atoms with Gasteiger partial charge in [-0.3, -0.25) is 4.98 Å². The van der Waals surface area contributed by atoms with Gasteiger partial charge in [0.1, 0.15) is 11.8 Å². The molecule has 0 spiro atoms. The molecule has 4 aromatic rings. The first-order chi connectivity index (χ1) is 16.1. The van der Waals surface area contributed by atoms with Crippen LogP contribution in [0.4, 0.5) is 5.69 Å². The molecule has 1 aliphatic heterocycles. The van der Waals surface area contributed by atoms with Crippen molar-refractivity contribution in [1.82, 2.24) is 14.9 Å². The molecule has 33 heavy (non-hydrogen) atoms. The van der Waals surface area contributed by atoms with E-state index in [2.05, 4.69) is 44.2 Å². The number of rotatable bonds is 5. The van der Waals surface area contributed by atoms with Gasteiger partial charge in [-0.05, 0) is 79.3 Å². The number of pyridine rings is 1. The Bertz CT molecular complexity index is 1310. The second-order valence-electron chi connectivity index (χ2n) is 7.93. The lowest BCUT2D eigenvalue weighted by atomic mass is 10.0. The number of aryl methyl sites for hydroxylation is 1. The maximum atomic E-state index is 6.30. The van der Waals surface area contributed by atoms with Gasteiger partial charge in [0.25, 0.3) is 0 Å². The van der Waals surface area contributed by atoms with E-state index >= 15 is 0 Å². The van der Waals surface area contributed by atoms with Crippen LogP contribution in [-0.4, -0.2) is 21.8 Å². The van der Waals surface area contributed by atoms with Crippen LogP contribution in [0.15, 0.2) is 85.2 Å². The van der Waals surface area contributed by atoms with Crippen molar-refractivity contribution < 1.29 is 4.74 Å². The van der Waals surface area contributed by atoms with Gasteiger partial charge >= 0.3 is 0 Å². The van der Waals surface area contributed by atoms with Crippen LogP contribution < -0.4 is 15.0 Å². The summed E-state index contributed by atoms with van der Waals surface area (Å²) < 4.78 is 7.67. The van der Waals surface area contributed by atoms with Gasteiger partial charge in [0.2, 0.25) is 0 Å². The van der Waals surface area contributed by atoms with Crippen LogP contribution in [0.1, 0.15) is 29.0 Å². The highest BCUT2D eigenvalue weighted by Gasteiger charge is 2.42. The van der Waals surface area contributed by atoms with Crippen LogP contribution in [0, 0.1) is 6.92 Å². The number of ether oxygens (including phenoxy) is 1. The predicted octanol–water partition coefficient (Wildman–Crippen LogP) is 6.02. The average molecular weight is 475 g/mol. The van der Waals surface area contributed by atoms with Gasteiger partial charge in [0.15, 0.2) is 5.11 Å². The average Bonchev–Trinajstić information content (AvgIpc) is 3.45. The Morgan fingerprint density at radius 3 is 2.64 bits per heavy atom. The summed E-state index contributed by atoms with van der Waals surface area (Å²) in [6.45, 7) is 2.01. The van der Waals surface area contributed by atoms with Crippen molar-refractivity contribution in [2.45, 2.75) is 19.0 Å². The molecular weight excluding hydrogens is 452 g/mol. The van der Waals surface area contributed by atoms with Gasteiger partial charge in [-0.1, -0.05) is 23.7 Å². The van der Waals surface area contributed by atoms with Gasteiger partial charge in [0.05, 0.1) is 18.8 Å². The molecule has 0 aliphatic carbocycles. The molecule has 2 atom stereocenters. The maximum absolute atomic E-state index is 6.30. The zero-order chi connectivity index (χ0) is 22.9. The van der Waals surface area contributed by atoms with Crippen LogP contribution in [0.2, 0.25) is 5.02 Å². The summed E-state index contributed by atoms with van der Waals surface area (Å²) >= 11 is 12.1. The Hall–Kier alpha value is -3.35. The second kappa shape index (κ2) is 8.89. The molecule has 1 N–H and O–H groups in total. The van der Waals surface area contributed by atoms with E-state index in [4.69, 9.17) is 28.6 Å². The SMILES string of the molecule is COc1cccc(N2C(=S)N[C@@H](c3ccccn3)[C@@H]2c2cccn2-c2ccc(Cl)c(C)c2)c1. The largest absolute Gasteiger partial charge is 0.497 e. The van der Waals surface area contributed by atoms with Gasteiger partial charge in [-0.15, -0.1) is 0 Å². The zero-order valence-corrected chi connectivity index (χ0v) is 19.8. The highest BCUT2D eigenvalue weighted by atomic mass is 35.5. The molecule has 2 aromatic heterocycles. The van der Waals surface area contributed by atoms with E-state index in [9.17, 15) is 0 Å². The number of benzene rings is 2. The lowest BCUT2D eigenvalue weighted by Crippen LogP contribution is -2.30. The standard InChI is InChI=1S/C26H23ClN4OS/c1-17-15-18(11-12-21(17)27)30-14-6-10-23(30)25-24(22-9-3-4-13-28-22)29-26(33)31(25)19-7-5-8-20(16-19)32-2/h3-16,24-25H,1-2H3,(H,29,33)/t24-,25-/m0/s1. The molecule has 0 unspecified atom stereocenters. The third-order valence-corrected chi connectivity index (χ3v) is 6.67. The fourth-order valence-electron chi connectivity index (χ4n) is 4.34. The molecule has 5 nitrogen and oxygen atoms in total. The number of hydrogen-bond acceptors (Lipinski definition) is 3. The van der Waals surface area contributed by atoms with E-state index in [1.807, 2.05) is 67.7 Å². The molecule has 0 amide bonds. The molecule has 3 heterocycles. The van der Waals surface area contributed by atoms with Crippen molar-refractivity contribution in [3.05, 3.63) is 107 Å². The van der Waals surface area contributed by atoms with Crippen LogP contribution in [0.25, 0.3) is 5.69 Å². The number of anilines is 1. The maximum Gasteiger partial charge on any atom is 0.174 e. The van der Waals surface area contributed by atoms with E-state index in [0.717, 1.165) is 39.1 Å². The number of nitrogens with one attached hydrogen (secondary N) is 1. The Labute approximate surface area is 203 Å². The lowest BCUT2D eigenvalue weighted by Gasteiger charge is -2.29. The Kier molecular flexibility index (Phi) is 5.79. The number of thiocarbonyl (C=S) groups is 1. The van der Waals surface area contributed by atoms with E-state index in [1.165, 1.54) is 0 Å². The molecule has 0 saturated carbocycles. The molecule has 5 rings (SSSR count). The van der Waals surface area contributed by atoms with Crippen LogP contribution in [0.3, 0.4) is 0 Å². The van der Waals surface area contributed by atoms with Crippen molar-refractivity contribution in [3.63, 3.8) is 0 Å². The Balaban J connectivity index is 1.67. The first-order valence-electron chi connectivity index (χ1n) is 10.7. The zero-order valence-electron chi connectivity index (χ0n) is 18.3. The van der Waals surface area contributed by atoms with Gasteiger partial charge in [0, 0.05) is 40.6 Å². The van der Waals surface area contributed by atoms with E-state index in [-0.39, 0.29) is 12.1 Å². The van der Waals surface area contributed by atoms with Gasteiger partial charge < -0.3 is 19.5 Å². The van der Waals surface area contributed by atoms with Crippen molar-refractivity contribution in [2.75, 3.05) is 12.0 Å². The topological polar surface area (TPSA) is 42.3 Å².